The Hall–Kier alpha value is -3.16. The fraction of sp³-hybridized carbons (Fsp3) is 0.174. The third kappa shape index (κ3) is 5.71. The van der Waals surface area contributed by atoms with Crippen molar-refractivity contribution < 1.29 is 19.1 Å². The maximum atomic E-state index is 12.8. The highest BCUT2D eigenvalue weighted by Gasteiger charge is 2.26. The lowest BCUT2D eigenvalue weighted by Gasteiger charge is -2.07. The van der Waals surface area contributed by atoms with Crippen LogP contribution < -0.4 is 10.6 Å². The second kappa shape index (κ2) is 10.2. The van der Waals surface area contributed by atoms with Crippen molar-refractivity contribution in [1.82, 2.24) is 0 Å². The van der Waals surface area contributed by atoms with E-state index in [-0.39, 0.29) is 35.4 Å². The number of carbonyl (C=O) groups excluding carboxylic acids is 3. The van der Waals surface area contributed by atoms with Gasteiger partial charge in [-0.1, -0.05) is 41.9 Å². The molecule has 2 amide bonds. The standard InChI is InChI=1S/C23H21ClN2O4S/c1-3-30-23(29)19-14(2)20(21(28)25-17-7-5-4-6-8-17)31-22(19)26-18(27)13-15-9-11-16(24)12-10-15/h4-12H,3,13H2,1-2H3,(H,25,28)(H,26,27). The van der Waals surface area contributed by atoms with Gasteiger partial charge >= 0.3 is 5.97 Å². The van der Waals surface area contributed by atoms with Gasteiger partial charge in [0.15, 0.2) is 0 Å². The summed E-state index contributed by atoms with van der Waals surface area (Å²) in [6, 6.07) is 15.9. The minimum atomic E-state index is -0.586. The molecule has 3 rings (SSSR count). The van der Waals surface area contributed by atoms with E-state index < -0.39 is 5.97 Å². The zero-order chi connectivity index (χ0) is 22.4. The first-order valence-electron chi connectivity index (χ1n) is 9.60. The summed E-state index contributed by atoms with van der Waals surface area (Å²) >= 11 is 6.93. The van der Waals surface area contributed by atoms with Crippen molar-refractivity contribution in [2.24, 2.45) is 0 Å². The number of para-hydroxylation sites is 1. The predicted octanol–water partition coefficient (Wildman–Crippen LogP) is 5.32. The number of esters is 1. The quantitative estimate of drug-likeness (QED) is 0.471. The molecule has 0 saturated carbocycles. The first kappa shape index (κ1) is 22.5. The Bertz CT molecular complexity index is 1090. The molecule has 0 atom stereocenters. The third-order valence-electron chi connectivity index (χ3n) is 4.40. The molecule has 0 radical (unpaired) electrons. The summed E-state index contributed by atoms with van der Waals surface area (Å²) in [5, 5.41) is 6.43. The average molecular weight is 457 g/mol. The molecule has 8 heteroatoms. The summed E-state index contributed by atoms with van der Waals surface area (Å²) in [6.07, 6.45) is 0.0991. The van der Waals surface area contributed by atoms with E-state index in [0.29, 0.717) is 21.2 Å². The highest BCUT2D eigenvalue weighted by molar-refractivity contribution is 7.18. The maximum absolute atomic E-state index is 12.8. The Morgan fingerprint density at radius 3 is 2.32 bits per heavy atom. The lowest BCUT2D eigenvalue weighted by Crippen LogP contribution is -2.16. The summed E-state index contributed by atoms with van der Waals surface area (Å²) in [7, 11) is 0. The highest BCUT2D eigenvalue weighted by Crippen LogP contribution is 2.34. The molecule has 0 fully saturated rings. The predicted molar refractivity (Wildman–Crippen MR) is 123 cm³/mol. The van der Waals surface area contributed by atoms with E-state index in [0.717, 1.165) is 16.9 Å². The van der Waals surface area contributed by atoms with Gasteiger partial charge < -0.3 is 15.4 Å². The number of nitrogens with one attached hydrogen (secondary N) is 2. The summed E-state index contributed by atoms with van der Waals surface area (Å²) < 4.78 is 5.14. The van der Waals surface area contributed by atoms with E-state index >= 15 is 0 Å². The van der Waals surface area contributed by atoms with Crippen molar-refractivity contribution >= 4 is 51.4 Å². The lowest BCUT2D eigenvalue weighted by atomic mass is 10.1. The van der Waals surface area contributed by atoms with E-state index in [1.807, 2.05) is 18.2 Å². The highest BCUT2D eigenvalue weighted by atomic mass is 35.5. The van der Waals surface area contributed by atoms with Crippen LogP contribution in [0.25, 0.3) is 0 Å². The zero-order valence-electron chi connectivity index (χ0n) is 17.0. The second-order valence-electron chi connectivity index (χ2n) is 6.65. The van der Waals surface area contributed by atoms with Crippen LogP contribution in [-0.4, -0.2) is 24.4 Å². The van der Waals surface area contributed by atoms with Crippen molar-refractivity contribution in [1.29, 1.82) is 0 Å². The minimum absolute atomic E-state index is 0.0991. The molecule has 1 aromatic heterocycles. The van der Waals surface area contributed by atoms with Gasteiger partial charge in [0.1, 0.15) is 5.00 Å². The second-order valence-corrected chi connectivity index (χ2v) is 8.11. The van der Waals surface area contributed by atoms with Crippen LogP contribution in [0.5, 0.6) is 0 Å². The van der Waals surface area contributed by atoms with Gasteiger partial charge in [-0.05, 0) is 49.2 Å². The van der Waals surface area contributed by atoms with E-state index in [1.54, 1.807) is 50.2 Å². The summed E-state index contributed by atoms with van der Waals surface area (Å²) in [5.74, 6) is -1.27. The number of carbonyl (C=O) groups is 3. The largest absolute Gasteiger partial charge is 0.462 e. The lowest BCUT2D eigenvalue weighted by molar-refractivity contribution is -0.115. The Labute approximate surface area is 189 Å². The number of rotatable bonds is 7. The molecule has 0 aliphatic rings. The van der Waals surface area contributed by atoms with Gasteiger partial charge in [0.2, 0.25) is 5.91 Å². The zero-order valence-corrected chi connectivity index (χ0v) is 18.6. The Morgan fingerprint density at radius 1 is 1.00 bits per heavy atom. The Balaban J connectivity index is 1.86. The van der Waals surface area contributed by atoms with Gasteiger partial charge in [0.05, 0.1) is 23.5 Å². The number of anilines is 2. The average Bonchev–Trinajstić information content (AvgIpc) is 3.06. The molecule has 6 nitrogen and oxygen atoms in total. The van der Waals surface area contributed by atoms with Crippen molar-refractivity contribution in [2.75, 3.05) is 17.2 Å². The maximum Gasteiger partial charge on any atom is 0.341 e. The van der Waals surface area contributed by atoms with Gasteiger partial charge in [-0.25, -0.2) is 4.79 Å². The topological polar surface area (TPSA) is 84.5 Å². The van der Waals surface area contributed by atoms with Crippen LogP contribution in [0.1, 0.15) is 38.1 Å². The van der Waals surface area contributed by atoms with Gasteiger partial charge in [0.25, 0.3) is 5.91 Å². The summed E-state index contributed by atoms with van der Waals surface area (Å²) in [4.78, 5) is 38.3. The number of hydrogen-bond acceptors (Lipinski definition) is 5. The molecule has 0 bridgehead atoms. The fourth-order valence-electron chi connectivity index (χ4n) is 2.94. The fourth-order valence-corrected chi connectivity index (χ4v) is 4.17. The van der Waals surface area contributed by atoms with Crippen LogP contribution >= 0.6 is 22.9 Å². The van der Waals surface area contributed by atoms with Crippen LogP contribution in [0.4, 0.5) is 10.7 Å². The van der Waals surface area contributed by atoms with Gasteiger partial charge in [-0.15, -0.1) is 11.3 Å². The number of benzene rings is 2. The molecular formula is C23H21ClN2O4S. The van der Waals surface area contributed by atoms with Crippen molar-refractivity contribution in [3.63, 3.8) is 0 Å². The van der Waals surface area contributed by atoms with E-state index in [9.17, 15) is 14.4 Å². The van der Waals surface area contributed by atoms with Crippen molar-refractivity contribution in [3.8, 4) is 0 Å². The normalized spacial score (nSPS) is 10.4. The van der Waals surface area contributed by atoms with Crippen LogP contribution in [0.15, 0.2) is 54.6 Å². The number of thiophene rings is 1. The summed E-state index contributed by atoms with van der Waals surface area (Å²) in [5.41, 5.74) is 2.05. The first-order valence-corrected chi connectivity index (χ1v) is 10.8. The molecule has 31 heavy (non-hydrogen) atoms. The molecule has 0 aliphatic heterocycles. The van der Waals surface area contributed by atoms with Gasteiger partial charge in [-0.2, -0.15) is 0 Å². The van der Waals surface area contributed by atoms with Crippen LogP contribution in [0, 0.1) is 6.92 Å². The van der Waals surface area contributed by atoms with E-state index in [4.69, 9.17) is 16.3 Å². The number of amides is 2. The molecule has 2 N–H and O–H groups in total. The summed E-state index contributed by atoms with van der Waals surface area (Å²) in [6.45, 7) is 3.54. The number of halogens is 1. The number of ether oxygens (including phenoxy) is 1. The molecule has 0 saturated heterocycles. The SMILES string of the molecule is CCOC(=O)c1c(NC(=O)Cc2ccc(Cl)cc2)sc(C(=O)Nc2ccccc2)c1C. The van der Waals surface area contributed by atoms with Crippen LogP contribution in [0.3, 0.4) is 0 Å². The number of hydrogen-bond donors (Lipinski definition) is 2. The van der Waals surface area contributed by atoms with Crippen molar-refractivity contribution in [2.45, 2.75) is 20.3 Å². The minimum Gasteiger partial charge on any atom is -0.462 e. The molecule has 0 unspecified atom stereocenters. The Morgan fingerprint density at radius 2 is 1.68 bits per heavy atom. The third-order valence-corrected chi connectivity index (χ3v) is 5.85. The molecule has 0 spiro atoms. The molecule has 1 heterocycles. The van der Waals surface area contributed by atoms with Crippen molar-refractivity contribution in [3.05, 3.63) is 81.2 Å². The monoisotopic (exact) mass is 456 g/mol. The molecule has 3 aromatic rings. The van der Waals surface area contributed by atoms with E-state index in [1.165, 1.54) is 0 Å². The molecule has 2 aromatic carbocycles. The first-order chi connectivity index (χ1) is 14.9. The molecule has 160 valence electrons. The molecular weight excluding hydrogens is 436 g/mol. The van der Waals surface area contributed by atoms with Crippen LogP contribution in [-0.2, 0) is 16.0 Å². The Kier molecular flexibility index (Phi) is 7.44. The smallest absolute Gasteiger partial charge is 0.341 e. The van der Waals surface area contributed by atoms with Crippen LogP contribution in [0.2, 0.25) is 5.02 Å². The molecule has 0 aliphatic carbocycles. The van der Waals surface area contributed by atoms with Gasteiger partial charge in [0, 0.05) is 10.7 Å². The van der Waals surface area contributed by atoms with E-state index in [2.05, 4.69) is 10.6 Å². The van der Waals surface area contributed by atoms with Gasteiger partial charge in [-0.3, -0.25) is 9.59 Å².